The molecule has 52 heavy (non-hydrogen) atoms. The number of quaternary nitrogens is 2. The van der Waals surface area contributed by atoms with Gasteiger partial charge in [0.25, 0.3) is 0 Å². The lowest BCUT2D eigenvalue weighted by atomic mass is 9.96. The van der Waals surface area contributed by atoms with Crippen molar-refractivity contribution in [1.29, 1.82) is 0 Å². The third kappa shape index (κ3) is 13.1. The molecule has 4 aromatic rings. The second-order valence-corrected chi connectivity index (χ2v) is 11.4. The number of ether oxygens (including phenoxy) is 2. The van der Waals surface area contributed by atoms with Crippen LogP contribution in [0.2, 0.25) is 0 Å². The monoisotopic (exact) mass is 754 g/mol. The Labute approximate surface area is 312 Å². The zero-order valence-corrected chi connectivity index (χ0v) is 30.0. The third-order valence-corrected chi connectivity index (χ3v) is 7.63. The number of ketones is 2. The molecule has 0 unspecified atom stereocenters. The molecule has 4 aromatic carbocycles. The largest absolute Gasteiger partial charge is 1.00 e. The minimum Gasteiger partial charge on any atom is -1.00 e. The van der Waals surface area contributed by atoms with E-state index in [0.717, 1.165) is 0 Å². The van der Waals surface area contributed by atoms with Gasteiger partial charge < -0.3 is 56.0 Å². The van der Waals surface area contributed by atoms with Crippen molar-refractivity contribution < 1.29 is 84.7 Å². The number of carbonyl (C=O) groups is 6. The number of carboxylic acids is 2. The molecule has 0 saturated carbocycles. The van der Waals surface area contributed by atoms with Crippen LogP contribution in [0.4, 0.5) is 0 Å². The van der Waals surface area contributed by atoms with Gasteiger partial charge in [0.2, 0.25) is 12.1 Å². The van der Waals surface area contributed by atoms with Gasteiger partial charge in [-0.2, -0.15) is 0 Å². The van der Waals surface area contributed by atoms with Crippen molar-refractivity contribution in [2.24, 2.45) is 0 Å². The molecule has 4 atom stereocenters. The fourth-order valence-electron chi connectivity index (χ4n) is 4.44. The number of hydrogen-bond donors (Lipinski definition) is 4. The summed E-state index contributed by atoms with van der Waals surface area (Å²) in [5.41, 5.74) is 10.1. The Kier molecular flexibility index (Phi) is 18.7. The lowest BCUT2D eigenvalue weighted by Gasteiger charge is -2.13. The van der Waals surface area contributed by atoms with Crippen molar-refractivity contribution in [3.63, 3.8) is 0 Å². The number of carbonyl (C=O) groups excluding carboxylic acids is 4. The summed E-state index contributed by atoms with van der Waals surface area (Å²) in [6.45, 7) is 2.71. The molecule has 0 radical (unpaired) electrons. The number of rotatable bonds is 14. The number of esters is 2. The third-order valence-electron chi connectivity index (χ3n) is 7.63. The summed E-state index contributed by atoms with van der Waals surface area (Å²) in [5, 5.41) is 17.5. The Morgan fingerprint density at radius 3 is 1.13 bits per heavy atom. The van der Waals surface area contributed by atoms with Gasteiger partial charge in [0.05, 0.1) is 11.8 Å². The van der Waals surface area contributed by atoms with Crippen LogP contribution in [0.5, 0.6) is 0 Å². The van der Waals surface area contributed by atoms with Crippen molar-refractivity contribution in [1.82, 2.24) is 0 Å². The van der Waals surface area contributed by atoms with E-state index < -0.39 is 47.8 Å². The molecule has 0 bridgehead atoms. The molecule has 4 rings (SSSR count). The first-order valence-electron chi connectivity index (χ1n) is 15.6. The summed E-state index contributed by atoms with van der Waals surface area (Å²) in [5.74, 6) is -4.88. The van der Waals surface area contributed by atoms with Crippen molar-refractivity contribution in [3.8, 4) is 0 Å². The molecule has 8 N–H and O–H groups in total. The van der Waals surface area contributed by atoms with Crippen LogP contribution in [0, 0.1) is 0 Å². The average molecular weight is 756 g/mol. The van der Waals surface area contributed by atoms with E-state index in [1.807, 2.05) is 12.1 Å². The lowest BCUT2D eigenvalue weighted by Crippen LogP contribution is -3.00. The Morgan fingerprint density at radius 1 is 0.519 bits per heavy atom. The van der Waals surface area contributed by atoms with Gasteiger partial charge in [-0.25, -0.2) is 9.59 Å². The standard InChI is InChI=1S/2C19H19NO5.2ClH/c2*1-12(19(24)25-11-16(20)18(22)23)14-8-5-9-15(10-14)17(21)13-6-3-2-4-7-13;;/h2*2-10,12,16H,11,20H2,1H3,(H,22,23);2*1H/t12-,16+;12-,16-;;/m10../s1. The van der Waals surface area contributed by atoms with Crippen molar-refractivity contribution in [2.75, 3.05) is 13.2 Å². The van der Waals surface area contributed by atoms with Crippen LogP contribution < -0.4 is 36.3 Å². The quantitative estimate of drug-likeness (QED) is 0.0737. The number of carboxylic acid groups (broad SMARTS) is 2. The second-order valence-electron chi connectivity index (χ2n) is 11.4. The van der Waals surface area contributed by atoms with Gasteiger partial charge in [-0.15, -0.1) is 0 Å². The van der Waals surface area contributed by atoms with E-state index in [-0.39, 0.29) is 49.6 Å². The lowest BCUT2D eigenvalue weighted by molar-refractivity contribution is -0.413. The molecule has 0 spiro atoms. The molecule has 0 saturated heterocycles. The summed E-state index contributed by atoms with van der Waals surface area (Å²) in [6.07, 6.45) is 0. The molecule has 0 aliphatic rings. The van der Waals surface area contributed by atoms with Crippen LogP contribution in [0.25, 0.3) is 0 Å². The Bertz CT molecular complexity index is 1690. The van der Waals surface area contributed by atoms with E-state index >= 15 is 0 Å². The van der Waals surface area contributed by atoms with Crippen LogP contribution in [0.15, 0.2) is 109 Å². The maximum Gasteiger partial charge on any atom is 0.366 e. The number of hydrogen-bond acceptors (Lipinski definition) is 8. The number of aliphatic carboxylic acids is 2. The minimum atomic E-state index is -1.13. The zero-order valence-electron chi connectivity index (χ0n) is 28.4. The second kappa shape index (κ2) is 21.7. The summed E-state index contributed by atoms with van der Waals surface area (Å²) < 4.78 is 10.00. The van der Waals surface area contributed by atoms with Crippen LogP contribution >= 0.6 is 0 Å². The molecule has 0 aliphatic carbocycles. The van der Waals surface area contributed by atoms with Gasteiger partial charge in [-0.3, -0.25) is 19.2 Å². The Hall–Kier alpha value is -5.40. The smallest absolute Gasteiger partial charge is 0.366 e. The van der Waals surface area contributed by atoms with Gasteiger partial charge in [0.15, 0.2) is 24.8 Å². The van der Waals surface area contributed by atoms with Crippen molar-refractivity contribution in [2.45, 2.75) is 37.8 Å². The summed E-state index contributed by atoms with van der Waals surface area (Å²) in [4.78, 5) is 70.6. The van der Waals surface area contributed by atoms with Crippen molar-refractivity contribution in [3.05, 3.63) is 143 Å². The minimum absolute atomic E-state index is 0. The molecule has 0 aromatic heterocycles. The molecule has 0 aliphatic heterocycles. The molecular weight excluding hydrogens is 715 g/mol. The Balaban J connectivity index is 0.000000501. The van der Waals surface area contributed by atoms with E-state index in [0.29, 0.717) is 33.4 Å². The molecular formula is C38H40Cl2N2O10. The van der Waals surface area contributed by atoms with E-state index in [1.54, 1.807) is 111 Å². The van der Waals surface area contributed by atoms with E-state index in [2.05, 4.69) is 11.5 Å². The molecule has 276 valence electrons. The molecule has 0 heterocycles. The SMILES string of the molecule is C[C@@H](C(=O)OC[C@H]([NH3+])C(=O)O)c1cccc(C(=O)c2ccccc2)c1.C[C@H](C(=O)OC[C@H]([NH3+])C(=O)O)c1cccc(C(=O)c2ccccc2)c1.[Cl-].[Cl-]. The zero-order chi connectivity index (χ0) is 36.8. The summed E-state index contributed by atoms with van der Waals surface area (Å²) in [6, 6.07) is 29.3. The maximum absolute atomic E-state index is 12.5. The van der Waals surface area contributed by atoms with Gasteiger partial charge in [-0.1, -0.05) is 97.1 Å². The van der Waals surface area contributed by atoms with E-state index in [1.165, 1.54) is 0 Å². The van der Waals surface area contributed by atoms with Crippen LogP contribution in [-0.4, -0.2) is 71.0 Å². The predicted octanol–water partition coefficient (Wildman–Crippen LogP) is -3.47. The van der Waals surface area contributed by atoms with Crippen molar-refractivity contribution >= 4 is 35.4 Å². The topological polar surface area (TPSA) is 217 Å². The number of benzene rings is 4. The highest BCUT2D eigenvalue weighted by atomic mass is 35.5. The van der Waals surface area contributed by atoms with Gasteiger partial charge in [0, 0.05) is 22.3 Å². The highest BCUT2D eigenvalue weighted by molar-refractivity contribution is 6.09. The molecule has 14 heteroatoms. The predicted molar refractivity (Wildman–Crippen MR) is 180 cm³/mol. The molecule has 12 nitrogen and oxygen atoms in total. The first-order chi connectivity index (χ1) is 23.8. The normalized spacial score (nSPS) is 12.4. The maximum atomic E-state index is 12.5. The first kappa shape index (κ1) is 44.6. The van der Waals surface area contributed by atoms with Crippen LogP contribution in [0.3, 0.4) is 0 Å². The fourth-order valence-corrected chi connectivity index (χ4v) is 4.44. The fraction of sp³-hybridized carbons (Fsp3) is 0.211. The molecule has 0 amide bonds. The highest BCUT2D eigenvalue weighted by Crippen LogP contribution is 2.21. The van der Waals surface area contributed by atoms with Crippen LogP contribution in [-0.2, 0) is 28.7 Å². The van der Waals surface area contributed by atoms with Crippen LogP contribution in [0.1, 0.15) is 68.7 Å². The van der Waals surface area contributed by atoms with E-state index in [9.17, 15) is 28.8 Å². The molecule has 0 fully saturated rings. The van der Waals surface area contributed by atoms with E-state index in [4.69, 9.17) is 19.7 Å². The first-order valence-corrected chi connectivity index (χ1v) is 15.6. The van der Waals surface area contributed by atoms with Gasteiger partial charge in [0.1, 0.15) is 0 Å². The number of halogens is 2. The van der Waals surface area contributed by atoms with Gasteiger partial charge in [-0.05, 0) is 37.1 Å². The summed E-state index contributed by atoms with van der Waals surface area (Å²) in [7, 11) is 0. The average Bonchev–Trinajstić information content (AvgIpc) is 3.15. The highest BCUT2D eigenvalue weighted by Gasteiger charge is 2.24. The Morgan fingerprint density at radius 2 is 0.827 bits per heavy atom. The summed E-state index contributed by atoms with van der Waals surface area (Å²) >= 11 is 0. The van der Waals surface area contributed by atoms with Gasteiger partial charge >= 0.3 is 23.9 Å².